The van der Waals surface area contributed by atoms with Crippen molar-refractivity contribution in [1.29, 1.82) is 0 Å². The lowest BCUT2D eigenvalue weighted by Gasteiger charge is -2.15. The zero-order valence-electron chi connectivity index (χ0n) is 14.4. The van der Waals surface area contributed by atoms with Crippen molar-refractivity contribution in [1.82, 2.24) is 0 Å². The van der Waals surface area contributed by atoms with Gasteiger partial charge in [0.1, 0.15) is 11.6 Å². The molecule has 0 heterocycles. The van der Waals surface area contributed by atoms with Crippen LogP contribution in [0.4, 0.5) is 22.0 Å². The fraction of sp³-hybridized carbons (Fsp3) is 0.100. The largest absolute Gasteiger partial charge is 0.454 e. The average molecular weight is 412 g/mol. The molecule has 0 aliphatic carbocycles. The van der Waals surface area contributed by atoms with Crippen LogP contribution in [0.15, 0.2) is 65.6 Å². The summed E-state index contributed by atoms with van der Waals surface area (Å²) in [5.74, 6) is -2.53. The highest BCUT2D eigenvalue weighted by molar-refractivity contribution is 7.84. The maximum absolute atomic E-state index is 13.9. The lowest BCUT2D eigenvalue weighted by Crippen LogP contribution is -2.05. The predicted octanol–water partition coefficient (Wildman–Crippen LogP) is 6.18. The monoisotopic (exact) mass is 412 g/mol. The standard InChI is InChI=1S/C20H13F5O2S/c1-28(26)15-6-2-12(3-7-15)16-8-4-13(20(23,24)25)10-19(16)27-18-9-5-14(21)11-17(18)22/h2-11H,1H3. The Labute approximate surface area is 160 Å². The maximum atomic E-state index is 13.9. The van der Waals surface area contributed by atoms with Crippen LogP contribution in [0.5, 0.6) is 11.5 Å². The van der Waals surface area contributed by atoms with Gasteiger partial charge in [0.2, 0.25) is 0 Å². The van der Waals surface area contributed by atoms with Gasteiger partial charge in [-0.25, -0.2) is 8.78 Å². The van der Waals surface area contributed by atoms with Crippen molar-refractivity contribution in [2.75, 3.05) is 6.26 Å². The lowest BCUT2D eigenvalue weighted by molar-refractivity contribution is -0.137. The van der Waals surface area contributed by atoms with Crippen molar-refractivity contribution in [2.24, 2.45) is 0 Å². The first-order chi connectivity index (χ1) is 13.1. The Morgan fingerprint density at radius 1 is 0.857 bits per heavy atom. The third-order valence-corrected chi connectivity index (χ3v) is 4.86. The molecule has 0 aliphatic rings. The summed E-state index contributed by atoms with van der Waals surface area (Å²) in [6, 6.07) is 11.7. The summed E-state index contributed by atoms with van der Waals surface area (Å²) < 4.78 is 83.2. The molecular formula is C20H13F5O2S. The second-order valence-corrected chi connectivity index (χ2v) is 7.24. The second-order valence-electron chi connectivity index (χ2n) is 5.86. The van der Waals surface area contributed by atoms with Crippen molar-refractivity contribution in [2.45, 2.75) is 11.1 Å². The molecule has 0 aromatic heterocycles. The summed E-state index contributed by atoms with van der Waals surface area (Å²) in [7, 11) is -1.22. The van der Waals surface area contributed by atoms with Crippen LogP contribution in [-0.4, -0.2) is 10.5 Å². The third kappa shape index (κ3) is 4.39. The Morgan fingerprint density at radius 2 is 1.54 bits per heavy atom. The van der Waals surface area contributed by atoms with Gasteiger partial charge in [-0.1, -0.05) is 18.2 Å². The van der Waals surface area contributed by atoms with Gasteiger partial charge in [-0.2, -0.15) is 13.2 Å². The number of rotatable bonds is 4. The Balaban J connectivity index is 2.09. The van der Waals surface area contributed by atoms with Gasteiger partial charge in [0, 0.05) is 33.6 Å². The van der Waals surface area contributed by atoms with Crippen molar-refractivity contribution in [3.8, 4) is 22.6 Å². The number of alkyl halides is 3. The fourth-order valence-electron chi connectivity index (χ4n) is 2.52. The van der Waals surface area contributed by atoms with Crippen LogP contribution in [0, 0.1) is 11.6 Å². The van der Waals surface area contributed by atoms with Crippen molar-refractivity contribution in [3.63, 3.8) is 0 Å². The SMILES string of the molecule is CS(=O)c1ccc(-c2ccc(C(F)(F)F)cc2Oc2ccc(F)cc2F)cc1. The van der Waals surface area contributed by atoms with Crippen molar-refractivity contribution < 1.29 is 30.9 Å². The first-order valence-electron chi connectivity index (χ1n) is 7.93. The molecule has 0 saturated heterocycles. The number of benzene rings is 3. The molecule has 8 heteroatoms. The van der Waals surface area contributed by atoms with Crippen LogP contribution in [0.2, 0.25) is 0 Å². The normalized spacial score (nSPS) is 12.6. The van der Waals surface area contributed by atoms with E-state index in [-0.39, 0.29) is 11.3 Å². The zero-order valence-corrected chi connectivity index (χ0v) is 15.2. The highest BCUT2D eigenvalue weighted by Gasteiger charge is 2.31. The summed E-state index contributed by atoms with van der Waals surface area (Å²) in [5, 5.41) is 0. The van der Waals surface area contributed by atoms with E-state index in [1.807, 2.05) is 0 Å². The zero-order chi connectivity index (χ0) is 20.5. The molecule has 1 atom stereocenters. The minimum atomic E-state index is -4.62. The molecule has 0 fully saturated rings. The Hall–Kier alpha value is -2.74. The smallest absolute Gasteiger partial charge is 0.416 e. The molecule has 2 nitrogen and oxygen atoms in total. The molecular weight excluding hydrogens is 399 g/mol. The van der Waals surface area contributed by atoms with Crippen LogP contribution >= 0.6 is 0 Å². The molecule has 0 amide bonds. The Kier molecular flexibility index (Phi) is 5.51. The molecule has 0 spiro atoms. The van der Waals surface area contributed by atoms with Gasteiger partial charge in [-0.05, 0) is 42.0 Å². The van der Waals surface area contributed by atoms with Crippen molar-refractivity contribution >= 4 is 10.8 Å². The summed E-state index contributed by atoms with van der Waals surface area (Å²) in [5.41, 5.74) is -0.217. The summed E-state index contributed by atoms with van der Waals surface area (Å²) in [6.07, 6.45) is -3.13. The van der Waals surface area contributed by atoms with E-state index >= 15 is 0 Å². The van der Waals surface area contributed by atoms with Gasteiger partial charge in [0.05, 0.1) is 5.56 Å². The number of hydrogen-bond acceptors (Lipinski definition) is 2. The molecule has 3 aromatic rings. The first-order valence-corrected chi connectivity index (χ1v) is 9.49. The molecule has 0 saturated carbocycles. The number of hydrogen-bond donors (Lipinski definition) is 0. The van der Waals surface area contributed by atoms with E-state index in [9.17, 15) is 26.2 Å². The Bertz CT molecular complexity index is 1030. The molecule has 0 N–H and O–H groups in total. The minimum Gasteiger partial charge on any atom is -0.454 e. The summed E-state index contributed by atoms with van der Waals surface area (Å²) in [4.78, 5) is 0.544. The van der Waals surface area contributed by atoms with Crippen LogP contribution in [0.3, 0.4) is 0 Å². The molecule has 0 aliphatic heterocycles. The number of ether oxygens (including phenoxy) is 1. The van der Waals surface area contributed by atoms with Gasteiger partial charge in [-0.3, -0.25) is 4.21 Å². The minimum absolute atomic E-state index is 0.245. The predicted molar refractivity (Wildman–Crippen MR) is 95.6 cm³/mol. The summed E-state index contributed by atoms with van der Waals surface area (Å²) in [6.45, 7) is 0. The maximum Gasteiger partial charge on any atom is 0.416 e. The first kappa shape index (κ1) is 20.0. The molecule has 3 aromatic carbocycles. The van der Waals surface area contributed by atoms with Gasteiger partial charge in [0.15, 0.2) is 11.6 Å². The topological polar surface area (TPSA) is 26.3 Å². The molecule has 146 valence electrons. The van der Waals surface area contributed by atoms with Gasteiger partial charge < -0.3 is 4.74 Å². The highest BCUT2D eigenvalue weighted by atomic mass is 32.2. The van der Waals surface area contributed by atoms with E-state index in [1.165, 1.54) is 12.3 Å². The highest BCUT2D eigenvalue weighted by Crippen LogP contribution is 2.39. The van der Waals surface area contributed by atoms with Crippen LogP contribution in [0.1, 0.15) is 5.56 Å². The third-order valence-electron chi connectivity index (χ3n) is 3.92. The van der Waals surface area contributed by atoms with Crippen LogP contribution in [-0.2, 0) is 17.0 Å². The van der Waals surface area contributed by atoms with Crippen LogP contribution in [0.25, 0.3) is 11.1 Å². The van der Waals surface area contributed by atoms with Crippen molar-refractivity contribution in [3.05, 3.63) is 77.9 Å². The summed E-state index contributed by atoms with van der Waals surface area (Å²) >= 11 is 0. The van der Waals surface area contributed by atoms with E-state index in [0.29, 0.717) is 16.5 Å². The molecule has 1 unspecified atom stereocenters. The average Bonchev–Trinajstić information content (AvgIpc) is 2.63. The van der Waals surface area contributed by atoms with Gasteiger partial charge >= 0.3 is 6.18 Å². The van der Waals surface area contributed by atoms with E-state index in [0.717, 1.165) is 24.3 Å². The van der Waals surface area contributed by atoms with Crippen LogP contribution < -0.4 is 4.74 Å². The van der Waals surface area contributed by atoms with E-state index in [2.05, 4.69) is 0 Å². The second kappa shape index (κ2) is 7.71. The van der Waals surface area contributed by atoms with E-state index < -0.39 is 39.9 Å². The molecule has 0 bridgehead atoms. The fourth-order valence-corrected chi connectivity index (χ4v) is 3.04. The molecule has 28 heavy (non-hydrogen) atoms. The Morgan fingerprint density at radius 3 is 2.11 bits per heavy atom. The van der Waals surface area contributed by atoms with E-state index in [1.54, 1.807) is 24.3 Å². The lowest BCUT2D eigenvalue weighted by atomic mass is 10.0. The molecule has 3 rings (SSSR count). The number of halogens is 5. The van der Waals surface area contributed by atoms with Gasteiger partial charge in [0.25, 0.3) is 0 Å². The quantitative estimate of drug-likeness (QED) is 0.479. The van der Waals surface area contributed by atoms with E-state index in [4.69, 9.17) is 4.74 Å². The van der Waals surface area contributed by atoms with Gasteiger partial charge in [-0.15, -0.1) is 0 Å². The molecule has 0 radical (unpaired) electrons.